The third-order valence-corrected chi connectivity index (χ3v) is 11.6. The van der Waals surface area contributed by atoms with Crippen LogP contribution >= 0.6 is 81.2 Å². The van der Waals surface area contributed by atoms with E-state index in [0.717, 1.165) is 4.90 Å². The summed E-state index contributed by atoms with van der Waals surface area (Å²) in [5.41, 5.74) is 0.367. The van der Waals surface area contributed by atoms with Crippen molar-refractivity contribution in [3.63, 3.8) is 0 Å². The molecule has 4 aliphatic rings. The molecule has 1 aromatic rings. The number of alkyl halides is 4. The molecule has 2 saturated carbocycles. The summed E-state index contributed by atoms with van der Waals surface area (Å²) in [6, 6.07) is 6.73. The highest BCUT2D eigenvalue weighted by Crippen LogP contribution is 2.79. The predicted octanol–water partition coefficient (Wildman–Crippen LogP) is 6.32. The molecule has 3 nitrogen and oxygen atoms in total. The lowest BCUT2D eigenvalue weighted by Gasteiger charge is -2.42. The number of carbonyl (C=O) groups excluding carboxylic acids is 2. The van der Waals surface area contributed by atoms with Crippen molar-refractivity contribution >= 4 is 98.7 Å². The zero-order valence-electron chi connectivity index (χ0n) is 14.4. The summed E-state index contributed by atoms with van der Waals surface area (Å²) in [6.45, 7) is 0. The monoisotopic (exact) mass is 531 g/mol. The lowest BCUT2D eigenvalue weighted by molar-refractivity contribution is -0.122. The number of fused-ring (bicyclic) bond motifs is 6. The molecule has 0 radical (unpaired) electrons. The minimum absolute atomic E-state index is 0.111. The van der Waals surface area contributed by atoms with E-state index in [2.05, 4.69) is 0 Å². The first-order valence-electron chi connectivity index (χ1n) is 8.93. The Labute approximate surface area is 202 Å². The van der Waals surface area contributed by atoms with Crippen molar-refractivity contribution < 1.29 is 9.59 Å². The van der Waals surface area contributed by atoms with Gasteiger partial charge in [0.15, 0.2) is 4.33 Å². The van der Waals surface area contributed by atoms with Crippen LogP contribution in [0, 0.1) is 23.7 Å². The number of carbonyl (C=O) groups is 2. The Hall–Kier alpha value is 0.130. The molecule has 3 fully saturated rings. The van der Waals surface area contributed by atoms with Crippen molar-refractivity contribution in [3.8, 4) is 0 Å². The maximum Gasteiger partial charge on any atom is 0.237 e. The Morgan fingerprint density at radius 2 is 1.24 bits per heavy atom. The molecule has 5 rings (SSSR count). The first kappa shape index (κ1) is 21.0. The smallest absolute Gasteiger partial charge is 0.237 e. The topological polar surface area (TPSA) is 37.4 Å². The fraction of sp³-hybridized carbons (Fsp3) is 0.474. The number of para-hydroxylation sites is 1. The molecule has 0 aromatic heterocycles. The number of anilines is 1. The molecule has 1 aliphatic heterocycles. The van der Waals surface area contributed by atoms with Crippen LogP contribution in [0.1, 0.15) is 12.8 Å². The number of halogens is 7. The fourth-order valence-electron chi connectivity index (χ4n) is 5.59. The molecule has 0 N–H and O–H groups in total. The average Bonchev–Trinajstić information content (AvgIpc) is 3.04. The van der Waals surface area contributed by atoms with E-state index >= 15 is 0 Å². The first-order valence-corrected chi connectivity index (χ1v) is 11.6. The van der Waals surface area contributed by atoms with Crippen LogP contribution in [0.15, 0.2) is 34.3 Å². The summed E-state index contributed by atoms with van der Waals surface area (Å²) in [6.07, 6.45) is 0.556. The second kappa shape index (κ2) is 6.34. The highest BCUT2D eigenvalue weighted by Gasteiger charge is 2.83. The van der Waals surface area contributed by atoms with Crippen molar-refractivity contribution in [1.82, 2.24) is 0 Å². The third kappa shape index (κ3) is 2.21. The summed E-state index contributed by atoms with van der Waals surface area (Å²) in [4.78, 5) is 24.8. The Bertz CT molecular complexity index is 956. The maximum atomic E-state index is 13.2. The van der Waals surface area contributed by atoms with Gasteiger partial charge < -0.3 is 0 Å². The molecule has 29 heavy (non-hydrogen) atoms. The van der Waals surface area contributed by atoms with E-state index in [-0.39, 0.29) is 34.7 Å². The van der Waals surface area contributed by atoms with Crippen LogP contribution in [0.5, 0.6) is 0 Å². The van der Waals surface area contributed by atoms with Crippen LogP contribution in [0.25, 0.3) is 0 Å². The average molecular weight is 534 g/mol. The normalized spacial score (nSPS) is 42.5. The number of allylic oxidation sites excluding steroid dienone is 2. The number of imide groups is 1. The molecule has 6 atom stereocenters. The van der Waals surface area contributed by atoms with E-state index in [1.165, 1.54) is 0 Å². The Kier molecular flexibility index (Phi) is 4.59. The molecule has 1 aromatic carbocycles. The van der Waals surface area contributed by atoms with Gasteiger partial charge in [0, 0.05) is 0 Å². The van der Waals surface area contributed by atoms with E-state index in [1.807, 2.05) is 0 Å². The number of hydrogen-bond donors (Lipinski definition) is 0. The van der Waals surface area contributed by atoms with Gasteiger partial charge in [0.2, 0.25) is 11.8 Å². The van der Waals surface area contributed by atoms with Crippen LogP contribution < -0.4 is 4.90 Å². The van der Waals surface area contributed by atoms with Gasteiger partial charge in [0.05, 0.1) is 32.6 Å². The van der Waals surface area contributed by atoms with Gasteiger partial charge in [-0.1, -0.05) is 70.1 Å². The van der Waals surface area contributed by atoms with Gasteiger partial charge in [-0.2, -0.15) is 0 Å². The van der Waals surface area contributed by atoms with Gasteiger partial charge in [-0.3, -0.25) is 9.59 Å². The second-order valence-corrected chi connectivity index (χ2v) is 11.7. The second-order valence-electron chi connectivity index (χ2n) is 7.99. The quantitative estimate of drug-likeness (QED) is 0.313. The summed E-state index contributed by atoms with van der Waals surface area (Å²) in [5.74, 6) is -2.62. The summed E-state index contributed by atoms with van der Waals surface area (Å²) in [5, 5.41) is 0.546. The minimum atomic E-state index is -1.67. The maximum absolute atomic E-state index is 13.2. The minimum Gasteiger partial charge on any atom is -0.274 e. The summed E-state index contributed by atoms with van der Waals surface area (Å²) >= 11 is 46.2. The van der Waals surface area contributed by atoms with E-state index in [9.17, 15) is 9.59 Å². The van der Waals surface area contributed by atoms with Crippen molar-refractivity contribution in [1.29, 1.82) is 0 Å². The molecule has 2 bridgehead atoms. The van der Waals surface area contributed by atoms with Crippen LogP contribution in [-0.4, -0.2) is 25.9 Å². The van der Waals surface area contributed by atoms with Crippen molar-refractivity contribution in [2.45, 2.75) is 26.9 Å². The largest absolute Gasteiger partial charge is 0.274 e. The molecule has 3 aliphatic carbocycles. The van der Waals surface area contributed by atoms with Crippen LogP contribution in [0.3, 0.4) is 0 Å². The van der Waals surface area contributed by atoms with E-state index in [1.54, 1.807) is 24.3 Å². The van der Waals surface area contributed by atoms with Gasteiger partial charge in [-0.05, 0) is 36.8 Å². The van der Waals surface area contributed by atoms with Gasteiger partial charge in [-0.15, -0.1) is 23.2 Å². The van der Waals surface area contributed by atoms with E-state index < -0.39 is 37.8 Å². The number of benzene rings is 1. The lowest BCUT2D eigenvalue weighted by atomic mass is 9.65. The molecule has 0 unspecified atom stereocenters. The molecular weight excluding hydrogens is 522 g/mol. The predicted molar refractivity (Wildman–Crippen MR) is 117 cm³/mol. The molecule has 1 heterocycles. The fourth-order valence-corrected chi connectivity index (χ4v) is 8.92. The Morgan fingerprint density at radius 3 is 1.69 bits per heavy atom. The first-order chi connectivity index (χ1) is 13.5. The third-order valence-electron chi connectivity index (χ3n) is 6.92. The Balaban J connectivity index is 1.58. The van der Waals surface area contributed by atoms with Crippen LogP contribution in [-0.2, 0) is 9.59 Å². The number of hydrogen-bond acceptors (Lipinski definition) is 2. The molecule has 154 valence electrons. The highest BCUT2D eigenvalue weighted by atomic mass is 35.5. The van der Waals surface area contributed by atoms with Crippen molar-refractivity contribution in [2.24, 2.45) is 23.7 Å². The zero-order valence-corrected chi connectivity index (χ0v) is 19.7. The van der Waals surface area contributed by atoms with Gasteiger partial charge in [0.1, 0.15) is 9.75 Å². The van der Waals surface area contributed by atoms with Gasteiger partial charge >= 0.3 is 0 Å². The standard InChI is InChI=1S/C19H12Cl7NO2/c20-11-3-1-2-4-12(11)27-15(28)7-5-9-10(6-8(7)16(27)29)18(24)14(22)13(21)17(9,23)19(18,25)26/h1-4,7-10H,5-6H2/t7-,8-,9-,10-,17-,18-/m1/s1. The van der Waals surface area contributed by atoms with Gasteiger partial charge in [0.25, 0.3) is 0 Å². The van der Waals surface area contributed by atoms with E-state index in [0.29, 0.717) is 10.7 Å². The summed E-state index contributed by atoms with van der Waals surface area (Å²) < 4.78 is -1.67. The van der Waals surface area contributed by atoms with Crippen LogP contribution in [0.2, 0.25) is 5.02 Å². The SMILES string of the molecule is O=C1[C@@H]2C[C@@H]3[C@@H](C[C@H]2C(=O)N1c1ccccc1Cl)[C@@]1(Cl)C(Cl)=C(Cl)[C@@]3(Cl)C1(Cl)Cl. The van der Waals surface area contributed by atoms with E-state index in [4.69, 9.17) is 81.2 Å². The van der Waals surface area contributed by atoms with Crippen molar-refractivity contribution in [2.75, 3.05) is 4.90 Å². The van der Waals surface area contributed by atoms with Gasteiger partial charge in [-0.25, -0.2) is 4.90 Å². The lowest BCUT2D eigenvalue weighted by Crippen LogP contribution is -2.44. The zero-order chi connectivity index (χ0) is 21.1. The molecule has 2 amide bonds. The van der Waals surface area contributed by atoms with Crippen molar-refractivity contribution in [3.05, 3.63) is 39.4 Å². The molecule has 10 heteroatoms. The number of amides is 2. The molecular formula is C19H12Cl7NO2. The summed E-state index contributed by atoms with van der Waals surface area (Å²) in [7, 11) is 0. The number of nitrogens with zero attached hydrogens (tertiary/aromatic N) is 1. The number of rotatable bonds is 1. The highest BCUT2D eigenvalue weighted by molar-refractivity contribution is 6.65. The Morgan fingerprint density at radius 1 is 0.793 bits per heavy atom. The molecule has 1 saturated heterocycles. The van der Waals surface area contributed by atoms with Crippen LogP contribution in [0.4, 0.5) is 5.69 Å². The molecule has 0 spiro atoms.